The fourth-order valence-corrected chi connectivity index (χ4v) is 1.94. The highest BCUT2D eigenvalue weighted by Gasteiger charge is 2.14. The summed E-state index contributed by atoms with van der Waals surface area (Å²) >= 11 is 1.34. The summed E-state index contributed by atoms with van der Waals surface area (Å²) in [4.78, 5) is 11.8. The van der Waals surface area contributed by atoms with Crippen molar-refractivity contribution < 1.29 is 14.6 Å². The summed E-state index contributed by atoms with van der Waals surface area (Å²) in [7, 11) is 1.36. The molecule has 0 saturated carbocycles. The van der Waals surface area contributed by atoms with Crippen LogP contribution in [-0.2, 0) is 11.2 Å². The SMILES string of the molecule is COC(=O)c1sccc1C[C@H](C)O. The van der Waals surface area contributed by atoms with Crippen molar-refractivity contribution in [3.05, 3.63) is 21.9 Å². The van der Waals surface area contributed by atoms with Crippen molar-refractivity contribution in [3.63, 3.8) is 0 Å². The molecule has 0 aliphatic rings. The smallest absolute Gasteiger partial charge is 0.348 e. The fourth-order valence-electron chi connectivity index (χ4n) is 1.09. The summed E-state index contributed by atoms with van der Waals surface area (Å²) in [6, 6.07) is 1.84. The van der Waals surface area contributed by atoms with Crippen molar-refractivity contribution in [3.8, 4) is 0 Å². The number of aliphatic hydroxyl groups excluding tert-OH is 1. The topological polar surface area (TPSA) is 46.5 Å². The van der Waals surface area contributed by atoms with Crippen molar-refractivity contribution in [2.24, 2.45) is 0 Å². The molecule has 0 aliphatic carbocycles. The number of thiophene rings is 1. The molecule has 1 N–H and O–H groups in total. The molecular formula is C9H12O3S. The van der Waals surface area contributed by atoms with Gasteiger partial charge >= 0.3 is 5.97 Å². The van der Waals surface area contributed by atoms with E-state index in [0.29, 0.717) is 11.3 Å². The van der Waals surface area contributed by atoms with Gasteiger partial charge in [0.2, 0.25) is 0 Å². The Balaban J connectivity index is 2.83. The summed E-state index contributed by atoms with van der Waals surface area (Å²) < 4.78 is 4.61. The molecule has 13 heavy (non-hydrogen) atoms. The molecule has 1 rings (SSSR count). The third kappa shape index (κ3) is 2.54. The number of hydrogen-bond donors (Lipinski definition) is 1. The first-order chi connectivity index (χ1) is 6.15. The molecule has 72 valence electrons. The van der Waals surface area contributed by atoms with Gasteiger partial charge in [-0.15, -0.1) is 11.3 Å². The van der Waals surface area contributed by atoms with Crippen molar-refractivity contribution in [1.82, 2.24) is 0 Å². The van der Waals surface area contributed by atoms with Crippen LogP contribution in [0, 0.1) is 0 Å². The Morgan fingerprint density at radius 3 is 3.00 bits per heavy atom. The molecular weight excluding hydrogens is 188 g/mol. The molecule has 0 amide bonds. The Morgan fingerprint density at radius 1 is 1.77 bits per heavy atom. The monoisotopic (exact) mass is 200 g/mol. The van der Waals surface area contributed by atoms with E-state index in [2.05, 4.69) is 4.74 Å². The Hall–Kier alpha value is -0.870. The molecule has 0 unspecified atom stereocenters. The van der Waals surface area contributed by atoms with Crippen LogP contribution in [0.3, 0.4) is 0 Å². The molecule has 0 spiro atoms. The summed E-state index contributed by atoms with van der Waals surface area (Å²) in [5, 5.41) is 11.0. The highest BCUT2D eigenvalue weighted by Crippen LogP contribution is 2.19. The summed E-state index contributed by atoms with van der Waals surface area (Å²) in [6.45, 7) is 1.69. The Morgan fingerprint density at radius 2 is 2.46 bits per heavy atom. The van der Waals surface area contributed by atoms with E-state index in [1.165, 1.54) is 18.4 Å². The normalized spacial score (nSPS) is 12.5. The number of carbonyl (C=O) groups excluding carboxylic acids is 1. The van der Waals surface area contributed by atoms with Crippen LogP contribution < -0.4 is 0 Å². The number of hydrogen-bond acceptors (Lipinski definition) is 4. The van der Waals surface area contributed by atoms with E-state index in [1.54, 1.807) is 6.92 Å². The summed E-state index contributed by atoms with van der Waals surface area (Å²) in [5.74, 6) is -0.328. The second-order valence-corrected chi connectivity index (χ2v) is 3.74. The standard InChI is InChI=1S/C9H12O3S/c1-6(10)5-7-3-4-13-8(7)9(11)12-2/h3-4,6,10H,5H2,1-2H3/t6-/m0/s1. The van der Waals surface area contributed by atoms with Crippen LogP contribution in [0.1, 0.15) is 22.2 Å². The van der Waals surface area contributed by atoms with Crippen LogP contribution >= 0.6 is 11.3 Å². The quantitative estimate of drug-likeness (QED) is 0.751. The average molecular weight is 200 g/mol. The van der Waals surface area contributed by atoms with Crippen molar-refractivity contribution >= 4 is 17.3 Å². The van der Waals surface area contributed by atoms with Crippen LogP contribution in [-0.4, -0.2) is 24.3 Å². The molecule has 0 fully saturated rings. The van der Waals surface area contributed by atoms with Crippen LogP contribution in [0.15, 0.2) is 11.4 Å². The van der Waals surface area contributed by atoms with Crippen molar-refractivity contribution in [2.45, 2.75) is 19.4 Å². The number of ether oxygens (including phenoxy) is 1. The van der Waals surface area contributed by atoms with E-state index in [0.717, 1.165) is 5.56 Å². The van der Waals surface area contributed by atoms with Crippen LogP contribution in [0.4, 0.5) is 0 Å². The Kier molecular flexibility index (Phi) is 3.45. The Bertz CT molecular complexity index is 291. The van der Waals surface area contributed by atoms with Crippen LogP contribution in [0.5, 0.6) is 0 Å². The van der Waals surface area contributed by atoms with E-state index in [4.69, 9.17) is 5.11 Å². The van der Waals surface area contributed by atoms with Gasteiger partial charge in [0.25, 0.3) is 0 Å². The van der Waals surface area contributed by atoms with Crippen LogP contribution in [0.2, 0.25) is 0 Å². The molecule has 1 aromatic heterocycles. The number of rotatable bonds is 3. The summed E-state index contributed by atoms with van der Waals surface area (Å²) in [6.07, 6.45) is 0.0616. The molecule has 3 nitrogen and oxygen atoms in total. The molecule has 4 heteroatoms. The third-order valence-corrected chi connectivity index (χ3v) is 2.57. The first kappa shape index (κ1) is 10.2. The van der Waals surface area contributed by atoms with Gasteiger partial charge in [-0.05, 0) is 30.4 Å². The minimum Gasteiger partial charge on any atom is -0.465 e. The number of methoxy groups -OCH3 is 1. The highest BCUT2D eigenvalue weighted by molar-refractivity contribution is 7.12. The molecule has 1 aromatic rings. The van der Waals surface area contributed by atoms with Crippen molar-refractivity contribution in [2.75, 3.05) is 7.11 Å². The maximum absolute atomic E-state index is 11.2. The maximum atomic E-state index is 11.2. The molecule has 0 saturated heterocycles. The van der Waals surface area contributed by atoms with Gasteiger partial charge in [-0.25, -0.2) is 4.79 Å². The second kappa shape index (κ2) is 4.39. The zero-order chi connectivity index (χ0) is 9.84. The lowest BCUT2D eigenvalue weighted by Crippen LogP contribution is -2.08. The highest BCUT2D eigenvalue weighted by atomic mass is 32.1. The number of carbonyl (C=O) groups is 1. The molecule has 1 atom stereocenters. The average Bonchev–Trinajstić information content (AvgIpc) is 2.50. The zero-order valence-corrected chi connectivity index (χ0v) is 8.43. The van der Waals surface area contributed by atoms with Gasteiger partial charge in [0.05, 0.1) is 13.2 Å². The van der Waals surface area contributed by atoms with E-state index >= 15 is 0 Å². The molecule has 0 aliphatic heterocycles. The van der Waals surface area contributed by atoms with Gasteiger partial charge in [-0.3, -0.25) is 0 Å². The van der Waals surface area contributed by atoms with Gasteiger partial charge in [-0.2, -0.15) is 0 Å². The minimum absolute atomic E-state index is 0.328. The largest absolute Gasteiger partial charge is 0.465 e. The van der Waals surface area contributed by atoms with Crippen LogP contribution in [0.25, 0.3) is 0 Å². The first-order valence-corrected chi connectivity index (χ1v) is 4.86. The first-order valence-electron chi connectivity index (χ1n) is 3.98. The van der Waals surface area contributed by atoms with Gasteiger partial charge < -0.3 is 9.84 Å². The second-order valence-electron chi connectivity index (χ2n) is 2.82. The summed E-state index contributed by atoms with van der Waals surface area (Å²) in [5.41, 5.74) is 0.854. The third-order valence-electron chi connectivity index (χ3n) is 1.63. The van der Waals surface area contributed by atoms with E-state index in [-0.39, 0.29) is 5.97 Å². The molecule has 0 bridgehead atoms. The van der Waals surface area contributed by atoms with E-state index in [1.807, 2.05) is 11.4 Å². The lowest BCUT2D eigenvalue weighted by molar-refractivity contribution is 0.0604. The Labute approximate surface area is 81.0 Å². The molecule has 0 aromatic carbocycles. The molecule has 0 radical (unpaired) electrons. The zero-order valence-electron chi connectivity index (χ0n) is 7.61. The van der Waals surface area contributed by atoms with Gasteiger partial charge in [-0.1, -0.05) is 0 Å². The van der Waals surface area contributed by atoms with Gasteiger partial charge in [0.15, 0.2) is 0 Å². The predicted octanol–water partition coefficient (Wildman–Crippen LogP) is 1.46. The maximum Gasteiger partial charge on any atom is 0.348 e. The number of esters is 1. The lowest BCUT2D eigenvalue weighted by atomic mass is 10.1. The fraction of sp³-hybridized carbons (Fsp3) is 0.444. The van der Waals surface area contributed by atoms with Gasteiger partial charge in [0, 0.05) is 0 Å². The van der Waals surface area contributed by atoms with Gasteiger partial charge in [0.1, 0.15) is 4.88 Å². The lowest BCUT2D eigenvalue weighted by Gasteiger charge is -2.03. The van der Waals surface area contributed by atoms with E-state index in [9.17, 15) is 4.79 Å². The molecule has 1 heterocycles. The van der Waals surface area contributed by atoms with E-state index < -0.39 is 6.10 Å². The van der Waals surface area contributed by atoms with Crippen molar-refractivity contribution in [1.29, 1.82) is 0 Å². The number of aliphatic hydroxyl groups is 1. The predicted molar refractivity (Wildman–Crippen MR) is 51.0 cm³/mol. The minimum atomic E-state index is -0.432.